The fraction of sp³-hybridized carbons (Fsp3) is 0.450. The van der Waals surface area contributed by atoms with Crippen LogP contribution in [0.3, 0.4) is 0 Å². The van der Waals surface area contributed by atoms with Gasteiger partial charge in [0.25, 0.3) is 5.91 Å². The second-order valence-corrected chi connectivity index (χ2v) is 7.48. The molecule has 0 saturated carbocycles. The van der Waals surface area contributed by atoms with Crippen LogP contribution in [0.15, 0.2) is 35.3 Å². The third-order valence-corrected chi connectivity index (χ3v) is 5.49. The zero-order valence-corrected chi connectivity index (χ0v) is 15.9. The molecule has 1 amide bonds. The number of ether oxygens (including phenoxy) is 1. The zero-order valence-electron chi connectivity index (χ0n) is 15.9. The minimum absolute atomic E-state index is 0.0976. The number of nitrogens with one attached hydrogen (secondary N) is 1. The Kier molecular flexibility index (Phi) is 5.39. The number of carbonyl (C=O) groups excluding carboxylic acids is 1. The van der Waals surface area contributed by atoms with Gasteiger partial charge in [-0.3, -0.25) is 9.36 Å². The van der Waals surface area contributed by atoms with E-state index in [2.05, 4.69) is 10.3 Å². The first-order chi connectivity index (χ1) is 14.3. The van der Waals surface area contributed by atoms with Crippen molar-refractivity contribution in [2.75, 3.05) is 11.9 Å². The van der Waals surface area contributed by atoms with Crippen LogP contribution in [-0.4, -0.2) is 50.4 Å². The smallest absolute Gasteiger partial charge is 0.351 e. The van der Waals surface area contributed by atoms with Gasteiger partial charge in [0.05, 0.1) is 6.61 Å². The first-order valence-corrected chi connectivity index (χ1v) is 9.66. The SMILES string of the molecule is O=C(Nc1ccn([C@@H]2O[C@H](CO)[C@H](O)C2(F)F)c(=O)n1)c1ccc2c(c1)CCCC2. The molecule has 3 atom stereocenters. The van der Waals surface area contributed by atoms with Crippen LogP contribution in [0.25, 0.3) is 0 Å². The molecule has 3 N–H and O–H groups in total. The molecular weight excluding hydrogens is 400 g/mol. The Morgan fingerprint density at radius 2 is 2.00 bits per heavy atom. The molecule has 160 valence electrons. The van der Waals surface area contributed by atoms with Gasteiger partial charge in [-0.15, -0.1) is 0 Å². The molecule has 1 aromatic heterocycles. The Balaban J connectivity index is 1.53. The van der Waals surface area contributed by atoms with Gasteiger partial charge in [0.15, 0.2) is 6.10 Å². The fourth-order valence-corrected chi connectivity index (χ4v) is 3.84. The number of fused-ring (bicyclic) bond motifs is 1. The third kappa shape index (κ3) is 3.62. The number of carbonyl (C=O) groups is 1. The number of nitrogens with zero attached hydrogens (tertiary/aromatic N) is 2. The van der Waals surface area contributed by atoms with E-state index in [1.807, 2.05) is 12.1 Å². The van der Waals surface area contributed by atoms with E-state index in [9.17, 15) is 23.5 Å². The van der Waals surface area contributed by atoms with Gasteiger partial charge in [-0.25, -0.2) is 4.79 Å². The van der Waals surface area contributed by atoms with Gasteiger partial charge in [-0.1, -0.05) is 6.07 Å². The number of alkyl halides is 2. The van der Waals surface area contributed by atoms with Crippen LogP contribution < -0.4 is 11.0 Å². The number of aliphatic hydroxyl groups excluding tert-OH is 2. The molecule has 1 aliphatic heterocycles. The number of rotatable bonds is 4. The van der Waals surface area contributed by atoms with Gasteiger partial charge in [0, 0.05) is 11.8 Å². The van der Waals surface area contributed by atoms with Gasteiger partial charge in [-0.2, -0.15) is 13.8 Å². The second-order valence-electron chi connectivity index (χ2n) is 7.48. The molecule has 0 unspecified atom stereocenters. The van der Waals surface area contributed by atoms with E-state index in [1.165, 1.54) is 11.6 Å². The second kappa shape index (κ2) is 7.86. The number of anilines is 1. The lowest BCUT2D eigenvalue weighted by molar-refractivity contribution is -0.140. The topological polar surface area (TPSA) is 114 Å². The zero-order chi connectivity index (χ0) is 21.5. The number of benzene rings is 1. The Morgan fingerprint density at radius 1 is 1.27 bits per heavy atom. The van der Waals surface area contributed by atoms with Gasteiger partial charge in [0.1, 0.15) is 11.9 Å². The lowest BCUT2D eigenvalue weighted by Gasteiger charge is -2.21. The summed E-state index contributed by atoms with van der Waals surface area (Å²) in [5, 5.41) is 21.1. The largest absolute Gasteiger partial charge is 0.394 e. The van der Waals surface area contributed by atoms with Crippen LogP contribution >= 0.6 is 0 Å². The average molecular weight is 421 g/mol. The molecule has 1 fully saturated rings. The molecule has 1 aromatic carbocycles. The maximum Gasteiger partial charge on any atom is 0.351 e. The molecule has 0 radical (unpaired) electrons. The summed E-state index contributed by atoms with van der Waals surface area (Å²) in [6.07, 6.45) is -0.824. The van der Waals surface area contributed by atoms with Crippen molar-refractivity contribution in [3.8, 4) is 0 Å². The molecule has 2 aromatic rings. The minimum atomic E-state index is -3.80. The Labute approximate surface area is 170 Å². The van der Waals surface area contributed by atoms with E-state index >= 15 is 0 Å². The van der Waals surface area contributed by atoms with E-state index in [0.29, 0.717) is 10.1 Å². The highest BCUT2D eigenvalue weighted by atomic mass is 19.3. The highest BCUT2D eigenvalue weighted by Crippen LogP contribution is 2.42. The molecule has 0 bridgehead atoms. The Bertz CT molecular complexity index is 1030. The summed E-state index contributed by atoms with van der Waals surface area (Å²) in [7, 11) is 0. The van der Waals surface area contributed by atoms with E-state index < -0.39 is 42.6 Å². The number of hydrogen-bond donors (Lipinski definition) is 3. The van der Waals surface area contributed by atoms with Crippen molar-refractivity contribution in [3.63, 3.8) is 0 Å². The lowest BCUT2D eigenvalue weighted by atomic mass is 9.90. The van der Waals surface area contributed by atoms with Crippen molar-refractivity contribution in [3.05, 3.63) is 57.6 Å². The molecule has 2 heterocycles. The van der Waals surface area contributed by atoms with Gasteiger partial charge in [0.2, 0.25) is 6.23 Å². The first kappa shape index (κ1) is 20.6. The predicted octanol–water partition coefficient (Wildman–Crippen LogP) is 1.26. The number of aliphatic hydroxyl groups is 2. The molecule has 8 nitrogen and oxygen atoms in total. The van der Waals surface area contributed by atoms with E-state index in [1.54, 1.807) is 6.07 Å². The van der Waals surface area contributed by atoms with Crippen molar-refractivity contribution < 1.29 is 28.5 Å². The lowest BCUT2D eigenvalue weighted by Crippen LogP contribution is -2.41. The molecule has 1 aliphatic carbocycles. The number of halogens is 2. The van der Waals surface area contributed by atoms with Gasteiger partial charge >= 0.3 is 11.6 Å². The summed E-state index contributed by atoms with van der Waals surface area (Å²) in [4.78, 5) is 28.4. The predicted molar refractivity (Wildman–Crippen MR) is 101 cm³/mol. The Morgan fingerprint density at radius 3 is 2.67 bits per heavy atom. The number of hydrogen-bond acceptors (Lipinski definition) is 6. The van der Waals surface area contributed by atoms with Crippen LogP contribution in [0.2, 0.25) is 0 Å². The average Bonchev–Trinajstić information content (AvgIpc) is 2.96. The number of aryl methyl sites for hydroxylation is 2. The molecular formula is C20H21F2N3O5. The minimum Gasteiger partial charge on any atom is -0.394 e. The monoisotopic (exact) mass is 421 g/mol. The molecule has 4 rings (SSSR count). The summed E-state index contributed by atoms with van der Waals surface area (Å²) >= 11 is 0. The summed E-state index contributed by atoms with van der Waals surface area (Å²) in [5.41, 5.74) is 1.67. The maximum absolute atomic E-state index is 14.2. The number of amides is 1. The first-order valence-electron chi connectivity index (χ1n) is 9.66. The molecule has 1 saturated heterocycles. The number of aromatic nitrogens is 2. The van der Waals surface area contributed by atoms with Crippen molar-refractivity contribution in [1.29, 1.82) is 0 Å². The normalized spacial score (nSPS) is 25.0. The van der Waals surface area contributed by atoms with E-state index in [0.717, 1.165) is 37.4 Å². The van der Waals surface area contributed by atoms with E-state index in [-0.39, 0.29) is 5.82 Å². The van der Waals surface area contributed by atoms with Gasteiger partial charge in [-0.05, 0) is 55.0 Å². The highest BCUT2D eigenvalue weighted by molar-refractivity contribution is 6.03. The maximum atomic E-state index is 14.2. The van der Waals surface area contributed by atoms with Crippen LogP contribution in [-0.2, 0) is 17.6 Å². The molecule has 30 heavy (non-hydrogen) atoms. The summed E-state index contributed by atoms with van der Waals surface area (Å²) in [5.74, 6) is -4.36. The quantitative estimate of drug-likeness (QED) is 0.685. The van der Waals surface area contributed by atoms with Gasteiger partial charge < -0.3 is 20.3 Å². The van der Waals surface area contributed by atoms with Crippen molar-refractivity contribution in [1.82, 2.24) is 9.55 Å². The molecule has 10 heteroatoms. The van der Waals surface area contributed by atoms with Crippen LogP contribution in [0.1, 0.15) is 40.6 Å². The highest BCUT2D eigenvalue weighted by Gasteiger charge is 2.59. The third-order valence-electron chi connectivity index (χ3n) is 5.49. The van der Waals surface area contributed by atoms with Crippen molar-refractivity contribution in [2.24, 2.45) is 0 Å². The van der Waals surface area contributed by atoms with E-state index in [4.69, 9.17) is 9.84 Å². The summed E-state index contributed by atoms with van der Waals surface area (Å²) in [6, 6.07) is 6.62. The fourth-order valence-electron chi connectivity index (χ4n) is 3.84. The molecule has 2 aliphatic rings. The van der Waals surface area contributed by atoms with Crippen molar-refractivity contribution in [2.45, 2.75) is 50.0 Å². The van der Waals surface area contributed by atoms with Crippen LogP contribution in [0.5, 0.6) is 0 Å². The molecule has 0 spiro atoms. The Hall–Kier alpha value is -2.69. The van der Waals surface area contributed by atoms with Crippen molar-refractivity contribution >= 4 is 11.7 Å². The standard InChI is InChI=1S/C20H21F2N3O5/c21-20(22)16(27)14(10-26)30-18(20)25-8-7-15(24-19(25)29)23-17(28)13-6-5-11-3-1-2-4-12(11)9-13/h5-9,14,16,18,26-27H,1-4,10H2,(H,23,24,28,29)/t14-,16+,18-/m1/s1. The van der Waals surface area contributed by atoms with Crippen LogP contribution in [0.4, 0.5) is 14.6 Å². The summed E-state index contributed by atoms with van der Waals surface area (Å²) in [6.45, 7) is -0.829. The van der Waals surface area contributed by atoms with Crippen LogP contribution in [0, 0.1) is 0 Å². The summed E-state index contributed by atoms with van der Waals surface area (Å²) < 4.78 is 33.9.